The fourth-order valence-electron chi connectivity index (χ4n) is 1.29. The van der Waals surface area contributed by atoms with Crippen molar-refractivity contribution in [1.29, 1.82) is 0 Å². The first-order valence-electron chi connectivity index (χ1n) is 5.10. The first-order chi connectivity index (χ1) is 8.19. The zero-order valence-electron chi connectivity index (χ0n) is 9.55. The summed E-state index contributed by atoms with van der Waals surface area (Å²) in [6, 6.07) is 4.64. The Morgan fingerprint density at radius 1 is 1.53 bits per heavy atom. The van der Waals surface area contributed by atoms with Crippen molar-refractivity contribution in [2.75, 3.05) is 25.5 Å². The van der Waals surface area contributed by atoms with Crippen LogP contribution < -0.4 is 15.8 Å². The van der Waals surface area contributed by atoms with Crippen molar-refractivity contribution < 1.29 is 9.66 Å². The van der Waals surface area contributed by atoms with Gasteiger partial charge in [0.1, 0.15) is 0 Å². The molecular formula is C11H15N3O3. The van der Waals surface area contributed by atoms with Crippen LogP contribution in [0.1, 0.15) is 0 Å². The molecule has 0 saturated heterocycles. The van der Waals surface area contributed by atoms with Gasteiger partial charge in [-0.3, -0.25) is 10.1 Å². The molecule has 1 aromatic carbocycles. The van der Waals surface area contributed by atoms with E-state index in [0.29, 0.717) is 13.1 Å². The Bertz CT molecular complexity index is 418. The molecule has 17 heavy (non-hydrogen) atoms. The number of anilines is 1. The molecule has 0 radical (unpaired) electrons. The number of nitro benzene ring substituents is 1. The topological polar surface area (TPSA) is 90.4 Å². The summed E-state index contributed by atoms with van der Waals surface area (Å²) in [5.41, 5.74) is 6.01. The first-order valence-corrected chi connectivity index (χ1v) is 5.10. The molecule has 0 amide bonds. The number of nitrogens with two attached hydrogens (primary N) is 1. The van der Waals surface area contributed by atoms with E-state index in [2.05, 4.69) is 5.32 Å². The Morgan fingerprint density at radius 2 is 2.29 bits per heavy atom. The van der Waals surface area contributed by atoms with Crippen molar-refractivity contribution in [1.82, 2.24) is 0 Å². The third-order valence-corrected chi connectivity index (χ3v) is 2.10. The highest BCUT2D eigenvalue weighted by atomic mass is 16.6. The van der Waals surface area contributed by atoms with Crippen molar-refractivity contribution in [2.45, 2.75) is 0 Å². The lowest BCUT2D eigenvalue weighted by atomic mass is 10.2. The summed E-state index contributed by atoms with van der Waals surface area (Å²) < 4.78 is 4.96. The van der Waals surface area contributed by atoms with E-state index in [1.807, 2.05) is 12.2 Å². The average molecular weight is 237 g/mol. The van der Waals surface area contributed by atoms with Gasteiger partial charge in [0.2, 0.25) is 0 Å². The number of hydrogen-bond acceptors (Lipinski definition) is 5. The molecule has 3 N–H and O–H groups in total. The van der Waals surface area contributed by atoms with Crippen LogP contribution in [0, 0.1) is 10.1 Å². The van der Waals surface area contributed by atoms with E-state index in [-0.39, 0.29) is 11.4 Å². The fraction of sp³-hybridized carbons (Fsp3) is 0.273. The van der Waals surface area contributed by atoms with E-state index in [9.17, 15) is 10.1 Å². The van der Waals surface area contributed by atoms with Crippen molar-refractivity contribution in [2.24, 2.45) is 5.73 Å². The van der Waals surface area contributed by atoms with Gasteiger partial charge in [-0.2, -0.15) is 0 Å². The van der Waals surface area contributed by atoms with Crippen LogP contribution in [-0.4, -0.2) is 25.1 Å². The van der Waals surface area contributed by atoms with Gasteiger partial charge in [0.15, 0.2) is 5.75 Å². The number of nitro groups is 1. The molecule has 1 aromatic rings. The predicted molar refractivity (Wildman–Crippen MR) is 66.3 cm³/mol. The third kappa shape index (κ3) is 3.76. The van der Waals surface area contributed by atoms with Crippen molar-refractivity contribution in [3.63, 3.8) is 0 Å². The molecule has 0 aliphatic heterocycles. The molecule has 92 valence electrons. The van der Waals surface area contributed by atoms with E-state index in [1.54, 1.807) is 12.1 Å². The van der Waals surface area contributed by atoms with Crippen LogP contribution in [-0.2, 0) is 0 Å². The Kier molecular flexibility index (Phi) is 4.96. The summed E-state index contributed by atoms with van der Waals surface area (Å²) >= 11 is 0. The largest absolute Gasteiger partial charge is 0.490 e. The lowest BCUT2D eigenvalue weighted by molar-refractivity contribution is -0.385. The maximum atomic E-state index is 10.7. The fourth-order valence-corrected chi connectivity index (χ4v) is 1.29. The normalized spacial score (nSPS) is 10.5. The van der Waals surface area contributed by atoms with Gasteiger partial charge in [-0.05, 0) is 6.07 Å². The summed E-state index contributed by atoms with van der Waals surface area (Å²) in [4.78, 5) is 10.2. The molecule has 0 spiro atoms. The molecule has 6 nitrogen and oxygen atoms in total. The van der Waals surface area contributed by atoms with E-state index in [1.165, 1.54) is 13.2 Å². The van der Waals surface area contributed by atoms with Crippen LogP contribution in [0.5, 0.6) is 5.75 Å². The van der Waals surface area contributed by atoms with E-state index in [0.717, 1.165) is 5.69 Å². The number of rotatable bonds is 6. The van der Waals surface area contributed by atoms with Crippen molar-refractivity contribution in [3.05, 3.63) is 40.5 Å². The monoisotopic (exact) mass is 237 g/mol. The number of nitrogens with one attached hydrogen (secondary N) is 1. The zero-order valence-corrected chi connectivity index (χ0v) is 9.55. The SMILES string of the molecule is COc1cc(NC/C=C/CN)ccc1[N+](=O)[O-]. The smallest absolute Gasteiger partial charge is 0.311 e. The highest BCUT2D eigenvalue weighted by Gasteiger charge is 2.14. The van der Waals surface area contributed by atoms with Crippen LogP contribution in [0.3, 0.4) is 0 Å². The first kappa shape index (κ1) is 13.0. The van der Waals surface area contributed by atoms with Crippen LogP contribution in [0.4, 0.5) is 11.4 Å². The Morgan fingerprint density at radius 3 is 2.88 bits per heavy atom. The summed E-state index contributed by atoms with van der Waals surface area (Å²) in [5.74, 6) is 0.239. The summed E-state index contributed by atoms with van der Waals surface area (Å²) in [7, 11) is 1.40. The maximum absolute atomic E-state index is 10.7. The predicted octanol–water partition coefficient (Wildman–Crippen LogP) is 1.53. The maximum Gasteiger partial charge on any atom is 0.311 e. The molecule has 1 rings (SSSR count). The number of benzene rings is 1. The lowest BCUT2D eigenvalue weighted by Gasteiger charge is -2.06. The molecular weight excluding hydrogens is 222 g/mol. The quantitative estimate of drug-likeness (QED) is 0.445. The van der Waals surface area contributed by atoms with Gasteiger partial charge in [-0.1, -0.05) is 12.2 Å². The lowest BCUT2D eigenvalue weighted by Crippen LogP contribution is -2.01. The van der Waals surface area contributed by atoms with Gasteiger partial charge in [0.05, 0.1) is 12.0 Å². The molecule has 0 aliphatic rings. The Hall–Kier alpha value is -2.08. The molecule has 0 fully saturated rings. The highest BCUT2D eigenvalue weighted by Crippen LogP contribution is 2.29. The number of hydrogen-bond donors (Lipinski definition) is 2. The Labute approximate surface area is 99.2 Å². The zero-order chi connectivity index (χ0) is 12.7. The minimum atomic E-state index is -0.475. The van der Waals surface area contributed by atoms with Gasteiger partial charge < -0.3 is 15.8 Å². The van der Waals surface area contributed by atoms with E-state index >= 15 is 0 Å². The minimum Gasteiger partial charge on any atom is -0.490 e. The van der Waals surface area contributed by atoms with E-state index < -0.39 is 4.92 Å². The van der Waals surface area contributed by atoms with Crippen LogP contribution in [0.15, 0.2) is 30.4 Å². The molecule has 0 atom stereocenters. The second-order valence-corrected chi connectivity index (χ2v) is 3.23. The molecule has 0 saturated carbocycles. The number of nitrogens with zero attached hydrogens (tertiary/aromatic N) is 1. The van der Waals surface area contributed by atoms with Crippen LogP contribution in [0.25, 0.3) is 0 Å². The van der Waals surface area contributed by atoms with Crippen LogP contribution in [0.2, 0.25) is 0 Å². The Balaban J connectivity index is 2.75. The van der Waals surface area contributed by atoms with Gasteiger partial charge in [0.25, 0.3) is 0 Å². The van der Waals surface area contributed by atoms with Gasteiger partial charge in [-0.25, -0.2) is 0 Å². The number of ether oxygens (including phenoxy) is 1. The standard InChI is InChI=1S/C11H15N3O3/c1-17-11-8-9(13-7-3-2-6-12)4-5-10(11)14(15)16/h2-5,8,13H,6-7,12H2,1H3/b3-2+. The van der Waals surface area contributed by atoms with Crippen molar-refractivity contribution >= 4 is 11.4 Å². The molecule has 0 aliphatic carbocycles. The second-order valence-electron chi connectivity index (χ2n) is 3.23. The van der Waals surface area contributed by atoms with Gasteiger partial charge >= 0.3 is 5.69 Å². The molecule has 0 heterocycles. The van der Waals surface area contributed by atoms with E-state index in [4.69, 9.17) is 10.5 Å². The highest BCUT2D eigenvalue weighted by molar-refractivity contribution is 5.58. The number of methoxy groups -OCH3 is 1. The van der Waals surface area contributed by atoms with Gasteiger partial charge in [0, 0.05) is 30.9 Å². The molecule has 6 heteroatoms. The minimum absolute atomic E-state index is 0.0458. The third-order valence-electron chi connectivity index (χ3n) is 2.10. The second kappa shape index (κ2) is 6.49. The molecule has 0 aromatic heterocycles. The summed E-state index contributed by atoms with van der Waals surface area (Å²) in [6.07, 6.45) is 3.71. The van der Waals surface area contributed by atoms with Gasteiger partial charge in [-0.15, -0.1) is 0 Å². The summed E-state index contributed by atoms with van der Waals surface area (Å²) in [5, 5.41) is 13.7. The molecule has 0 unspecified atom stereocenters. The average Bonchev–Trinajstić information content (AvgIpc) is 2.34. The molecule has 0 bridgehead atoms. The summed E-state index contributed by atoms with van der Waals surface area (Å²) in [6.45, 7) is 1.10. The van der Waals surface area contributed by atoms with Crippen LogP contribution >= 0.6 is 0 Å². The van der Waals surface area contributed by atoms with Crippen molar-refractivity contribution in [3.8, 4) is 5.75 Å².